The fourth-order valence-electron chi connectivity index (χ4n) is 2.83. The van der Waals surface area contributed by atoms with Crippen molar-refractivity contribution in [3.05, 3.63) is 34.3 Å². The molecule has 7 heteroatoms. The predicted octanol–water partition coefficient (Wildman–Crippen LogP) is 2.90. The number of carbonyl (C=O) groups excluding carboxylic acids is 1. The first-order valence-corrected chi connectivity index (χ1v) is 10.5. The fraction of sp³-hybridized carbons (Fsp3) is 0.471. The van der Waals surface area contributed by atoms with Crippen molar-refractivity contribution in [3.8, 4) is 5.75 Å². The first kappa shape index (κ1) is 19.0. The van der Waals surface area contributed by atoms with Gasteiger partial charge in [0.1, 0.15) is 5.75 Å². The summed E-state index contributed by atoms with van der Waals surface area (Å²) < 4.78 is 29.6. The van der Waals surface area contributed by atoms with Gasteiger partial charge in [0, 0.05) is 28.7 Å². The maximum absolute atomic E-state index is 12.6. The molecule has 1 heterocycles. The van der Waals surface area contributed by atoms with Gasteiger partial charge < -0.3 is 9.64 Å². The Morgan fingerprint density at radius 3 is 2.79 bits per heavy atom. The Hall–Kier alpha value is -1.34. The van der Waals surface area contributed by atoms with Crippen molar-refractivity contribution in [1.82, 2.24) is 4.90 Å². The van der Waals surface area contributed by atoms with Crippen molar-refractivity contribution in [2.24, 2.45) is 0 Å². The van der Waals surface area contributed by atoms with Crippen molar-refractivity contribution in [1.29, 1.82) is 0 Å². The molecule has 5 nitrogen and oxygen atoms in total. The van der Waals surface area contributed by atoms with Crippen LogP contribution >= 0.6 is 15.9 Å². The molecule has 0 saturated carbocycles. The van der Waals surface area contributed by atoms with Crippen LogP contribution in [0.4, 0.5) is 0 Å². The summed E-state index contributed by atoms with van der Waals surface area (Å²) in [5.41, 5.74) is 0.788. The van der Waals surface area contributed by atoms with Crippen molar-refractivity contribution < 1.29 is 17.9 Å². The number of ether oxygens (including phenoxy) is 1. The smallest absolute Gasteiger partial charge is 0.246 e. The molecule has 1 aliphatic heterocycles. The van der Waals surface area contributed by atoms with Gasteiger partial charge in [-0.15, -0.1) is 0 Å². The number of hydrogen-bond acceptors (Lipinski definition) is 4. The molecule has 1 aromatic carbocycles. The highest BCUT2D eigenvalue weighted by Gasteiger charge is 2.33. The van der Waals surface area contributed by atoms with E-state index in [9.17, 15) is 13.2 Å². The number of benzene rings is 1. The summed E-state index contributed by atoms with van der Waals surface area (Å²) in [7, 11) is -1.44. The maximum Gasteiger partial charge on any atom is 0.246 e. The number of hydrogen-bond donors (Lipinski definition) is 0. The van der Waals surface area contributed by atoms with Crippen LogP contribution in [0.5, 0.6) is 5.75 Å². The van der Waals surface area contributed by atoms with Crippen LogP contribution in [0.25, 0.3) is 6.08 Å². The zero-order valence-electron chi connectivity index (χ0n) is 13.9. The number of halogens is 1. The highest BCUT2D eigenvalue weighted by atomic mass is 79.9. The molecule has 0 aromatic heterocycles. The second-order valence-electron chi connectivity index (χ2n) is 5.81. The zero-order valence-corrected chi connectivity index (χ0v) is 16.3. The fourth-order valence-corrected chi connectivity index (χ4v) is 4.94. The quantitative estimate of drug-likeness (QED) is 0.669. The van der Waals surface area contributed by atoms with Gasteiger partial charge in [-0.2, -0.15) is 0 Å². The second-order valence-corrected chi connectivity index (χ2v) is 8.95. The van der Waals surface area contributed by atoms with Gasteiger partial charge in [0.2, 0.25) is 5.91 Å². The van der Waals surface area contributed by atoms with E-state index in [4.69, 9.17) is 4.74 Å². The Morgan fingerprint density at radius 1 is 1.46 bits per heavy atom. The molecule has 1 aliphatic rings. The van der Waals surface area contributed by atoms with Crippen molar-refractivity contribution >= 4 is 37.8 Å². The number of sulfone groups is 1. The van der Waals surface area contributed by atoms with E-state index in [1.807, 2.05) is 25.1 Å². The van der Waals surface area contributed by atoms with Gasteiger partial charge in [0.25, 0.3) is 0 Å². The molecule has 0 spiro atoms. The lowest BCUT2D eigenvalue weighted by Gasteiger charge is -2.26. The SMILES string of the molecule is CCCN(C(=O)/C=C/c1cc(Br)ccc1OC)C1CCS(=O)(=O)C1. The van der Waals surface area contributed by atoms with E-state index in [1.165, 1.54) is 6.08 Å². The molecule has 1 amide bonds. The topological polar surface area (TPSA) is 63.7 Å². The zero-order chi connectivity index (χ0) is 17.7. The van der Waals surface area contributed by atoms with Crippen LogP contribution in [0.3, 0.4) is 0 Å². The molecule has 132 valence electrons. The molecule has 0 radical (unpaired) electrons. The number of rotatable bonds is 6. The Bertz CT molecular complexity index is 730. The normalized spacial score (nSPS) is 19.5. The molecule has 0 N–H and O–H groups in total. The van der Waals surface area contributed by atoms with Crippen LogP contribution in [0.15, 0.2) is 28.7 Å². The van der Waals surface area contributed by atoms with Crippen LogP contribution in [0.1, 0.15) is 25.3 Å². The molecule has 24 heavy (non-hydrogen) atoms. The van der Waals surface area contributed by atoms with Gasteiger partial charge in [-0.25, -0.2) is 8.42 Å². The van der Waals surface area contributed by atoms with Gasteiger partial charge in [0.05, 0.1) is 18.6 Å². The third-order valence-electron chi connectivity index (χ3n) is 3.99. The molecule has 0 bridgehead atoms. The van der Waals surface area contributed by atoms with E-state index in [-0.39, 0.29) is 23.5 Å². The number of methoxy groups -OCH3 is 1. The van der Waals surface area contributed by atoms with Gasteiger partial charge in [0.15, 0.2) is 9.84 Å². The summed E-state index contributed by atoms with van der Waals surface area (Å²) in [5, 5.41) is 0. The molecular formula is C17H22BrNO4S. The summed E-state index contributed by atoms with van der Waals surface area (Å²) in [4.78, 5) is 14.3. The Morgan fingerprint density at radius 2 is 2.21 bits per heavy atom. The Kier molecular flexibility index (Phi) is 6.46. The predicted molar refractivity (Wildman–Crippen MR) is 98.8 cm³/mol. The standard InChI is InChI=1S/C17H22BrNO4S/c1-3-9-19(15-8-10-24(21,22)12-15)17(20)7-4-13-11-14(18)5-6-16(13)23-2/h4-7,11,15H,3,8-10,12H2,1-2H3/b7-4+. The van der Waals surface area contributed by atoms with Gasteiger partial charge in [-0.3, -0.25) is 4.79 Å². The molecule has 0 aliphatic carbocycles. The summed E-state index contributed by atoms with van der Waals surface area (Å²) in [6.07, 6.45) is 4.50. The van der Waals surface area contributed by atoms with E-state index >= 15 is 0 Å². The van der Waals surface area contributed by atoms with E-state index in [1.54, 1.807) is 18.1 Å². The van der Waals surface area contributed by atoms with Crippen LogP contribution in [-0.4, -0.2) is 50.4 Å². The second kappa shape index (κ2) is 8.16. The molecule has 2 rings (SSSR count). The largest absolute Gasteiger partial charge is 0.496 e. The number of amides is 1. The minimum atomic E-state index is -3.02. The average Bonchev–Trinajstić information content (AvgIpc) is 2.90. The highest BCUT2D eigenvalue weighted by Crippen LogP contribution is 2.24. The number of nitrogens with zero attached hydrogens (tertiary/aromatic N) is 1. The summed E-state index contributed by atoms with van der Waals surface area (Å²) in [6, 6.07) is 5.33. The van der Waals surface area contributed by atoms with Gasteiger partial charge in [-0.1, -0.05) is 22.9 Å². The third kappa shape index (κ3) is 4.83. The summed E-state index contributed by atoms with van der Waals surface area (Å²) in [6.45, 7) is 2.53. The first-order valence-electron chi connectivity index (χ1n) is 7.89. The van der Waals surface area contributed by atoms with Gasteiger partial charge in [-0.05, 0) is 37.1 Å². The summed E-state index contributed by atoms with van der Waals surface area (Å²) >= 11 is 3.40. The molecule has 1 unspecified atom stereocenters. The highest BCUT2D eigenvalue weighted by molar-refractivity contribution is 9.10. The van der Waals surface area contributed by atoms with E-state index in [2.05, 4.69) is 15.9 Å². The van der Waals surface area contributed by atoms with E-state index < -0.39 is 9.84 Å². The third-order valence-corrected chi connectivity index (χ3v) is 6.24. The van der Waals surface area contributed by atoms with Crippen LogP contribution in [0.2, 0.25) is 0 Å². The van der Waals surface area contributed by atoms with Gasteiger partial charge >= 0.3 is 0 Å². The monoisotopic (exact) mass is 415 g/mol. The van der Waals surface area contributed by atoms with E-state index in [0.717, 1.165) is 16.5 Å². The first-order chi connectivity index (χ1) is 11.4. The molecule has 1 aromatic rings. The maximum atomic E-state index is 12.6. The lowest BCUT2D eigenvalue weighted by molar-refractivity contribution is -0.127. The molecule has 1 atom stereocenters. The van der Waals surface area contributed by atoms with Crippen molar-refractivity contribution in [3.63, 3.8) is 0 Å². The number of carbonyl (C=O) groups is 1. The Labute approximate surface area is 151 Å². The Balaban J connectivity index is 2.17. The minimum Gasteiger partial charge on any atom is -0.496 e. The summed E-state index contributed by atoms with van der Waals surface area (Å²) in [5.74, 6) is 0.731. The molecule has 1 fully saturated rings. The van der Waals surface area contributed by atoms with Crippen molar-refractivity contribution in [2.75, 3.05) is 25.2 Å². The molecule has 1 saturated heterocycles. The lowest BCUT2D eigenvalue weighted by Crippen LogP contribution is -2.40. The minimum absolute atomic E-state index is 0.0623. The molecular weight excluding hydrogens is 394 g/mol. The lowest BCUT2D eigenvalue weighted by atomic mass is 10.1. The average molecular weight is 416 g/mol. The van der Waals surface area contributed by atoms with E-state index in [0.29, 0.717) is 18.7 Å². The van der Waals surface area contributed by atoms with Crippen LogP contribution < -0.4 is 4.74 Å². The van der Waals surface area contributed by atoms with Crippen molar-refractivity contribution in [2.45, 2.75) is 25.8 Å². The van der Waals surface area contributed by atoms with Crippen LogP contribution in [0, 0.1) is 0 Å². The van der Waals surface area contributed by atoms with Crippen LogP contribution in [-0.2, 0) is 14.6 Å².